The summed E-state index contributed by atoms with van der Waals surface area (Å²) in [5, 5.41) is 0. The molecule has 0 amide bonds. The van der Waals surface area contributed by atoms with Gasteiger partial charge in [0, 0.05) is 56.2 Å². The Morgan fingerprint density at radius 2 is 1.05 bits per heavy atom. The average molecular weight is 728 g/mol. The van der Waals surface area contributed by atoms with Crippen LogP contribution in [0.2, 0.25) is 0 Å². The molecule has 56 heavy (non-hydrogen) atoms. The van der Waals surface area contributed by atoms with Crippen molar-refractivity contribution in [1.82, 2.24) is 0 Å². The van der Waals surface area contributed by atoms with Gasteiger partial charge in [-0.3, -0.25) is 0 Å². The molecule has 4 aliphatic rings. The van der Waals surface area contributed by atoms with Crippen molar-refractivity contribution in [3.63, 3.8) is 0 Å². The Labute approximate surface area is 331 Å². The molecule has 0 saturated carbocycles. The standard InChI is InChI=1S/C51H46BN3O/c1-32-27-42-45-43(28-32)55(35-23-15-10-16-24-35)46-44-47(50(4,5)31-49(44,2)3)56-48(46)52(45)38-30-40-37(29-41(38)54(42)34-21-13-9-14-22-34)51(6,7)36-25-17-18-26-39(36)53(40)33-19-11-8-12-20-33/h8-30H,31H2,1-7H3. The van der Waals surface area contributed by atoms with Gasteiger partial charge in [0.25, 0.3) is 6.71 Å². The van der Waals surface area contributed by atoms with Crippen molar-refractivity contribution in [2.24, 2.45) is 0 Å². The molecule has 274 valence electrons. The fraction of sp³-hybridized carbons (Fsp3) is 0.216. The van der Waals surface area contributed by atoms with E-state index in [1.54, 1.807) is 0 Å². The highest BCUT2D eigenvalue weighted by Gasteiger charge is 2.55. The molecule has 0 fully saturated rings. The van der Waals surface area contributed by atoms with Gasteiger partial charge in [-0.15, -0.1) is 0 Å². The Morgan fingerprint density at radius 3 is 1.68 bits per heavy atom. The van der Waals surface area contributed by atoms with Crippen LogP contribution in [0.4, 0.5) is 51.2 Å². The second-order valence-electron chi connectivity index (χ2n) is 18.2. The van der Waals surface area contributed by atoms with E-state index in [9.17, 15) is 0 Å². The SMILES string of the molecule is Cc1cc2c3c(c1)N(c1ccccc1)c1c(oc4c1C(C)(C)CC4(C)C)B3c1cc3c(cc1N2c1ccccc1)C(C)(C)c1ccccc1N3c1ccccc1. The normalized spacial score (nSPS) is 17.4. The minimum atomic E-state index is -0.256. The first kappa shape index (κ1) is 33.4. The van der Waals surface area contributed by atoms with Gasteiger partial charge >= 0.3 is 0 Å². The van der Waals surface area contributed by atoms with Crippen LogP contribution in [0.1, 0.15) is 76.0 Å². The molecule has 0 spiro atoms. The number of aryl methyl sites for hydroxylation is 1. The second-order valence-corrected chi connectivity index (χ2v) is 18.2. The lowest BCUT2D eigenvalue weighted by Crippen LogP contribution is -2.61. The Balaban J connectivity index is 1.29. The zero-order valence-electron chi connectivity index (χ0n) is 33.3. The molecule has 3 aliphatic heterocycles. The van der Waals surface area contributed by atoms with Crippen LogP contribution in [-0.2, 0) is 16.2 Å². The molecule has 5 heteroatoms. The van der Waals surface area contributed by atoms with Gasteiger partial charge in [0.05, 0.1) is 17.0 Å². The molecule has 4 nitrogen and oxygen atoms in total. The molecular weight excluding hydrogens is 681 g/mol. The van der Waals surface area contributed by atoms with Crippen molar-refractivity contribution >= 4 is 74.5 Å². The zero-order valence-corrected chi connectivity index (χ0v) is 33.3. The lowest BCUT2D eigenvalue weighted by molar-refractivity contribution is 0.358. The number of hydrogen-bond donors (Lipinski definition) is 0. The largest absolute Gasteiger partial charge is 0.472 e. The van der Waals surface area contributed by atoms with E-state index >= 15 is 0 Å². The summed E-state index contributed by atoms with van der Waals surface area (Å²) in [6.07, 6.45) is 1.03. The van der Waals surface area contributed by atoms with E-state index < -0.39 is 0 Å². The third-order valence-electron chi connectivity index (χ3n) is 13.1. The van der Waals surface area contributed by atoms with Crippen LogP contribution < -0.4 is 31.3 Å². The third-order valence-corrected chi connectivity index (χ3v) is 13.1. The van der Waals surface area contributed by atoms with E-state index in [2.05, 4.69) is 203 Å². The summed E-state index contributed by atoms with van der Waals surface area (Å²) in [4.78, 5) is 7.55. The van der Waals surface area contributed by atoms with Gasteiger partial charge in [0.15, 0.2) is 0 Å². The second kappa shape index (κ2) is 11.3. The lowest BCUT2D eigenvalue weighted by atomic mass is 9.35. The third kappa shape index (κ3) is 4.43. The average Bonchev–Trinajstić information content (AvgIpc) is 3.68. The van der Waals surface area contributed by atoms with Crippen molar-refractivity contribution in [2.75, 3.05) is 14.7 Å². The molecule has 0 unspecified atom stereocenters. The van der Waals surface area contributed by atoms with Gasteiger partial charge in [0.2, 0.25) is 0 Å². The number of anilines is 9. The molecule has 7 aromatic rings. The van der Waals surface area contributed by atoms with Crippen molar-refractivity contribution in [3.8, 4) is 0 Å². The van der Waals surface area contributed by atoms with E-state index in [-0.39, 0.29) is 23.0 Å². The maximum atomic E-state index is 7.51. The van der Waals surface area contributed by atoms with Crippen molar-refractivity contribution in [1.29, 1.82) is 0 Å². The molecule has 11 rings (SSSR count). The first-order valence-corrected chi connectivity index (χ1v) is 20.1. The van der Waals surface area contributed by atoms with Gasteiger partial charge in [-0.2, -0.15) is 0 Å². The highest BCUT2D eigenvalue weighted by molar-refractivity contribution is 6.99. The number of hydrogen-bond acceptors (Lipinski definition) is 4. The van der Waals surface area contributed by atoms with E-state index in [4.69, 9.17) is 4.42 Å². The fourth-order valence-electron chi connectivity index (χ4n) is 11.1. The minimum Gasteiger partial charge on any atom is -0.472 e. The van der Waals surface area contributed by atoms with Gasteiger partial charge in [0.1, 0.15) is 5.76 Å². The van der Waals surface area contributed by atoms with Crippen LogP contribution in [0.5, 0.6) is 0 Å². The maximum Gasteiger partial charge on any atom is 0.297 e. The number of para-hydroxylation sites is 4. The van der Waals surface area contributed by atoms with Crippen molar-refractivity contribution in [2.45, 2.75) is 71.1 Å². The Bertz CT molecular complexity index is 2730. The Morgan fingerprint density at radius 1 is 0.518 bits per heavy atom. The summed E-state index contributed by atoms with van der Waals surface area (Å²) >= 11 is 0. The first-order valence-electron chi connectivity index (χ1n) is 20.1. The molecule has 4 heterocycles. The van der Waals surface area contributed by atoms with Crippen LogP contribution in [0.15, 0.2) is 144 Å². The van der Waals surface area contributed by atoms with E-state index in [0.717, 1.165) is 34.9 Å². The summed E-state index contributed by atoms with van der Waals surface area (Å²) in [5.41, 5.74) is 19.1. The summed E-state index contributed by atoms with van der Waals surface area (Å²) in [5.74, 6) is 1.13. The van der Waals surface area contributed by atoms with Crippen molar-refractivity contribution < 1.29 is 4.42 Å². The highest BCUT2D eigenvalue weighted by Crippen LogP contribution is 2.58. The topological polar surface area (TPSA) is 22.9 Å². The molecule has 0 saturated heterocycles. The number of fused-ring (bicyclic) bond motifs is 8. The molecular formula is C51H46BN3O. The van der Waals surface area contributed by atoms with Crippen LogP contribution in [-0.4, -0.2) is 6.71 Å². The predicted molar refractivity (Wildman–Crippen MR) is 235 cm³/mol. The van der Waals surface area contributed by atoms with E-state index in [0.29, 0.717) is 0 Å². The smallest absolute Gasteiger partial charge is 0.297 e. The lowest BCUT2D eigenvalue weighted by Gasteiger charge is -2.46. The van der Waals surface area contributed by atoms with Gasteiger partial charge in [-0.1, -0.05) is 114 Å². The minimum absolute atomic E-state index is 0.0750. The van der Waals surface area contributed by atoms with E-state index in [1.165, 1.54) is 67.3 Å². The summed E-state index contributed by atoms with van der Waals surface area (Å²) in [6.45, 7) is 16.5. The summed E-state index contributed by atoms with van der Waals surface area (Å²) < 4.78 is 7.51. The highest BCUT2D eigenvalue weighted by atomic mass is 16.3. The maximum absolute atomic E-state index is 7.51. The van der Waals surface area contributed by atoms with Crippen molar-refractivity contribution in [3.05, 3.63) is 168 Å². The fourth-order valence-corrected chi connectivity index (χ4v) is 11.1. The number of furan rings is 1. The number of rotatable bonds is 3. The zero-order chi connectivity index (χ0) is 38.3. The Hall–Kier alpha value is -5.94. The van der Waals surface area contributed by atoms with E-state index in [1.807, 2.05) is 0 Å². The van der Waals surface area contributed by atoms with Crippen LogP contribution in [0, 0.1) is 6.92 Å². The molecule has 1 aromatic heterocycles. The summed E-state index contributed by atoms with van der Waals surface area (Å²) in [6, 6.07) is 51.6. The van der Waals surface area contributed by atoms with Crippen LogP contribution in [0.3, 0.4) is 0 Å². The number of nitrogens with zero attached hydrogens (tertiary/aromatic N) is 3. The van der Waals surface area contributed by atoms with Crippen LogP contribution in [0.25, 0.3) is 0 Å². The molecule has 1 aliphatic carbocycles. The monoisotopic (exact) mass is 727 g/mol. The van der Waals surface area contributed by atoms with Crippen LogP contribution >= 0.6 is 0 Å². The molecule has 6 aromatic carbocycles. The quantitative estimate of drug-likeness (QED) is 0.169. The molecule has 0 N–H and O–H groups in total. The number of benzene rings is 6. The van der Waals surface area contributed by atoms with Gasteiger partial charge in [-0.05, 0) is 113 Å². The summed E-state index contributed by atoms with van der Waals surface area (Å²) in [7, 11) is 0. The van der Waals surface area contributed by atoms with Gasteiger partial charge in [-0.25, -0.2) is 0 Å². The predicted octanol–water partition coefficient (Wildman–Crippen LogP) is 11.7. The Kier molecular flexibility index (Phi) is 6.75. The molecule has 0 atom stereocenters. The molecule has 0 radical (unpaired) electrons. The van der Waals surface area contributed by atoms with Gasteiger partial charge < -0.3 is 19.1 Å². The first-order chi connectivity index (χ1) is 27.0. The molecule has 0 bridgehead atoms.